The minimum atomic E-state index is -0.529. The topological polar surface area (TPSA) is 61.5 Å². The van der Waals surface area contributed by atoms with Crippen molar-refractivity contribution in [2.45, 2.75) is 6.61 Å². The lowest BCUT2D eigenvalue weighted by atomic mass is 10.2. The molecule has 2 N–H and O–H groups in total. The van der Waals surface area contributed by atoms with Gasteiger partial charge in [-0.2, -0.15) is 0 Å². The zero-order valence-corrected chi connectivity index (χ0v) is 15.8. The van der Waals surface area contributed by atoms with Crippen LogP contribution in [0.4, 0.5) is 0 Å². The molecule has 0 saturated carbocycles. The fourth-order valence-corrected chi connectivity index (χ4v) is 3.05. The lowest BCUT2D eigenvalue weighted by Gasteiger charge is -2.15. The van der Waals surface area contributed by atoms with Crippen molar-refractivity contribution >= 4 is 51.1 Å². The van der Waals surface area contributed by atoms with E-state index in [0.29, 0.717) is 31.6 Å². The first kappa shape index (κ1) is 18.6. The molecule has 0 aliphatic heterocycles. The summed E-state index contributed by atoms with van der Waals surface area (Å²) < 4.78 is 11.8. The van der Waals surface area contributed by atoms with Crippen LogP contribution in [0.3, 0.4) is 0 Å². The fourth-order valence-electron chi connectivity index (χ4n) is 1.97. The second-order valence-electron chi connectivity index (χ2n) is 4.76. The number of ether oxygens (including phenoxy) is 2. The number of primary amides is 1. The van der Waals surface area contributed by atoms with Gasteiger partial charge in [0.1, 0.15) is 6.61 Å². The minimum absolute atomic E-state index is 0.184. The Balaban J connectivity index is 2.28. The molecule has 0 unspecified atom stereocenters. The van der Waals surface area contributed by atoms with Crippen LogP contribution in [0, 0.1) is 0 Å². The molecule has 24 heavy (non-hydrogen) atoms. The Morgan fingerprint density at radius 1 is 1.29 bits per heavy atom. The number of nitrogens with two attached hydrogens (primary N) is 1. The number of hydrogen-bond donors (Lipinski definition) is 1. The number of benzene rings is 2. The van der Waals surface area contributed by atoms with Crippen LogP contribution in [0.2, 0.25) is 10.0 Å². The van der Waals surface area contributed by atoms with Crippen LogP contribution in [0.5, 0.6) is 11.5 Å². The lowest BCUT2D eigenvalue weighted by molar-refractivity contribution is -0.113. The monoisotopic (exact) mass is 429 g/mol. The molecular formula is C17H14BrCl2NO3. The van der Waals surface area contributed by atoms with Gasteiger partial charge in [0.15, 0.2) is 11.5 Å². The van der Waals surface area contributed by atoms with Gasteiger partial charge < -0.3 is 15.2 Å². The van der Waals surface area contributed by atoms with Crippen LogP contribution in [-0.2, 0) is 11.4 Å². The van der Waals surface area contributed by atoms with Gasteiger partial charge in [-0.05, 0) is 51.8 Å². The third-order valence-electron chi connectivity index (χ3n) is 3.11. The molecule has 2 aromatic carbocycles. The van der Waals surface area contributed by atoms with Crippen molar-refractivity contribution in [2.24, 2.45) is 5.73 Å². The Bertz CT molecular complexity index is 773. The van der Waals surface area contributed by atoms with Gasteiger partial charge in [-0.15, -0.1) is 0 Å². The van der Waals surface area contributed by atoms with Crippen molar-refractivity contribution in [3.63, 3.8) is 0 Å². The number of rotatable bonds is 6. The van der Waals surface area contributed by atoms with Crippen LogP contribution in [0.15, 0.2) is 40.9 Å². The van der Waals surface area contributed by atoms with Crippen molar-refractivity contribution < 1.29 is 14.3 Å². The smallest absolute Gasteiger partial charge is 0.241 e. The van der Waals surface area contributed by atoms with Crippen LogP contribution in [0.1, 0.15) is 11.1 Å². The summed E-state index contributed by atoms with van der Waals surface area (Å²) in [5.41, 5.74) is 6.53. The van der Waals surface area contributed by atoms with E-state index in [1.807, 2.05) is 0 Å². The summed E-state index contributed by atoms with van der Waals surface area (Å²) in [6.45, 7) is 0.184. The highest BCUT2D eigenvalue weighted by atomic mass is 79.9. The average molecular weight is 431 g/mol. The van der Waals surface area contributed by atoms with Gasteiger partial charge in [0.05, 0.1) is 11.6 Å². The molecule has 0 radical (unpaired) electrons. The predicted molar refractivity (Wildman–Crippen MR) is 99.7 cm³/mol. The van der Waals surface area contributed by atoms with E-state index in [0.717, 1.165) is 5.56 Å². The van der Waals surface area contributed by atoms with E-state index < -0.39 is 5.91 Å². The van der Waals surface area contributed by atoms with Gasteiger partial charge in [0.25, 0.3) is 0 Å². The predicted octanol–water partition coefficient (Wildman–Crippen LogP) is 4.84. The zero-order valence-electron chi connectivity index (χ0n) is 12.7. The molecule has 0 aliphatic rings. The number of halogens is 3. The summed E-state index contributed by atoms with van der Waals surface area (Å²) in [5.74, 6) is 0.472. The molecule has 2 aromatic rings. The molecule has 2 rings (SSSR count). The first-order valence-electron chi connectivity index (χ1n) is 6.83. The number of amides is 1. The van der Waals surface area contributed by atoms with Gasteiger partial charge in [-0.3, -0.25) is 4.79 Å². The molecule has 0 aromatic heterocycles. The minimum Gasteiger partial charge on any atom is -0.493 e. The highest BCUT2D eigenvalue weighted by molar-refractivity contribution is 9.10. The zero-order chi connectivity index (χ0) is 17.7. The van der Waals surface area contributed by atoms with Crippen LogP contribution in [-0.4, -0.2) is 13.0 Å². The van der Waals surface area contributed by atoms with Crippen LogP contribution in [0.25, 0.3) is 6.08 Å². The number of carbonyl (C=O) groups is 1. The van der Waals surface area contributed by atoms with Crippen molar-refractivity contribution in [3.8, 4) is 11.5 Å². The fraction of sp³-hybridized carbons (Fsp3) is 0.118. The van der Waals surface area contributed by atoms with Gasteiger partial charge in [0, 0.05) is 21.7 Å². The third-order valence-corrected chi connectivity index (χ3v) is 4.41. The second-order valence-corrected chi connectivity index (χ2v) is 6.43. The highest BCUT2D eigenvalue weighted by Gasteiger charge is 2.13. The second kappa shape index (κ2) is 8.42. The molecule has 0 heterocycles. The standard InChI is InChI=1S/C17H14BrCl2NO3/c1-23-15-8-10(5-6-16(21)22)7-12(18)17(15)24-9-11-13(19)3-2-4-14(11)20/h2-8H,9H2,1H3,(H2,21,22). The molecule has 7 heteroatoms. The number of carbonyl (C=O) groups excluding carboxylic acids is 1. The van der Waals surface area contributed by atoms with Crippen LogP contribution >= 0.6 is 39.1 Å². The van der Waals surface area contributed by atoms with Gasteiger partial charge in [-0.1, -0.05) is 29.3 Å². The quantitative estimate of drug-likeness (QED) is 0.666. The first-order valence-corrected chi connectivity index (χ1v) is 8.38. The molecule has 0 bridgehead atoms. The molecule has 4 nitrogen and oxygen atoms in total. The van der Waals surface area contributed by atoms with Crippen LogP contribution < -0.4 is 15.2 Å². The maximum atomic E-state index is 10.8. The molecule has 0 saturated heterocycles. The largest absolute Gasteiger partial charge is 0.493 e. The Hall–Kier alpha value is -1.69. The van der Waals surface area contributed by atoms with E-state index in [2.05, 4.69) is 15.9 Å². The van der Waals surface area contributed by atoms with E-state index >= 15 is 0 Å². The summed E-state index contributed by atoms with van der Waals surface area (Å²) in [7, 11) is 1.53. The maximum absolute atomic E-state index is 10.8. The van der Waals surface area contributed by atoms with Crippen molar-refractivity contribution in [3.05, 3.63) is 62.1 Å². The lowest BCUT2D eigenvalue weighted by Crippen LogP contribution is -2.05. The highest BCUT2D eigenvalue weighted by Crippen LogP contribution is 2.38. The summed E-state index contributed by atoms with van der Waals surface area (Å²) in [6, 6.07) is 8.77. The Morgan fingerprint density at radius 3 is 2.54 bits per heavy atom. The third kappa shape index (κ3) is 4.66. The molecule has 1 amide bonds. The molecule has 0 atom stereocenters. The summed E-state index contributed by atoms with van der Waals surface area (Å²) in [6.07, 6.45) is 2.86. The van der Waals surface area contributed by atoms with Gasteiger partial charge in [0.2, 0.25) is 5.91 Å². The Morgan fingerprint density at radius 2 is 1.96 bits per heavy atom. The van der Waals surface area contributed by atoms with Crippen molar-refractivity contribution in [1.82, 2.24) is 0 Å². The molecule has 0 fully saturated rings. The first-order chi connectivity index (χ1) is 11.4. The Labute approximate surface area is 158 Å². The summed E-state index contributed by atoms with van der Waals surface area (Å²) in [5, 5.41) is 1.05. The molecule has 126 valence electrons. The Kier molecular flexibility index (Phi) is 6.54. The number of methoxy groups -OCH3 is 1. The van der Waals surface area contributed by atoms with Gasteiger partial charge >= 0.3 is 0 Å². The van der Waals surface area contributed by atoms with E-state index in [1.54, 1.807) is 36.4 Å². The van der Waals surface area contributed by atoms with E-state index in [-0.39, 0.29) is 6.61 Å². The summed E-state index contributed by atoms with van der Waals surface area (Å²) >= 11 is 15.7. The van der Waals surface area contributed by atoms with Gasteiger partial charge in [-0.25, -0.2) is 0 Å². The molecular weight excluding hydrogens is 417 g/mol. The number of hydrogen-bond acceptors (Lipinski definition) is 3. The summed E-state index contributed by atoms with van der Waals surface area (Å²) in [4.78, 5) is 10.8. The van der Waals surface area contributed by atoms with Crippen molar-refractivity contribution in [2.75, 3.05) is 7.11 Å². The normalized spacial score (nSPS) is 10.8. The van der Waals surface area contributed by atoms with E-state index in [9.17, 15) is 4.79 Å². The SMILES string of the molecule is COc1cc(C=CC(N)=O)cc(Br)c1OCc1c(Cl)cccc1Cl. The van der Waals surface area contributed by atoms with E-state index in [4.69, 9.17) is 38.4 Å². The maximum Gasteiger partial charge on any atom is 0.241 e. The van der Waals surface area contributed by atoms with Crippen molar-refractivity contribution in [1.29, 1.82) is 0 Å². The average Bonchev–Trinajstić information content (AvgIpc) is 2.53. The molecule has 0 aliphatic carbocycles. The van der Waals surface area contributed by atoms with E-state index in [1.165, 1.54) is 13.2 Å². The molecule has 0 spiro atoms.